The van der Waals surface area contributed by atoms with Crippen LogP contribution < -0.4 is 4.74 Å². The Morgan fingerprint density at radius 2 is 1.78 bits per heavy atom. The normalized spacial score (nSPS) is 10.9. The standard InChI is InChI=1S/C22H18N2O3/c1-14-4-3-5-18(10-14)24-21(13-20(23-24)22(25)26)17-7-6-16-12-19(27-2)9-8-15(16)11-17/h3-13H,1-2H3,(H,25,26). The van der Waals surface area contributed by atoms with Crippen LogP contribution in [0.15, 0.2) is 66.7 Å². The summed E-state index contributed by atoms with van der Waals surface area (Å²) in [5, 5.41) is 15.8. The first-order chi connectivity index (χ1) is 13.0. The van der Waals surface area contributed by atoms with E-state index >= 15 is 0 Å². The molecule has 0 saturated heterocycles. The van der Waals surface area contributed by atoms with Gasteiger partial charge in [-0.05, 0) is 59.7 Å². The first-order valence-electron chi connectivity index (χ1n) is 8.54. The fraction of sp³-hybridized carbons (Fsp3) is 0.0909. The summed E-state index contributed by atoms with van der Waals surface area (Å²) in [6, 6.07) is 21.3. The van der Waals surface area contributed by atoms with Crippen molar-refractivity contribution in [1.82, 2.24) is 9.78 Å². The minimum atomic E-state index is -1.05. The second kappa shape index (κ2) is 6.61. The zero-order valence-corrected chi connectivity index (χ0v) is 15.0. The monoisotopic (exact) mass is 358 g/mol. The van der Waals surface area contributed by atoms with Crippen LogP contribution >= 0.6 is 0 Å². The summed E-state index contributed by atoms with van der Waals surface area (Å²) < 4.78 is 6.96. The molecule has 0 saturated carbocycles. The van der Waals surface area contributed by atoms with Gasteiger partial charge in [0.25, 0.3) is 0 Å². The highest BCUT2D eigenvalue weighted by Crippen LogP contribution is 2.29. The van der Waals surface area contributed by atoms with E-state index < -0.39 is 5.97 Å². The number of aryl methyl sites for hydroxylation is 1. The van der Waals surface area contributed by atoms with Crippen LogP contribution in [-0.2, 0) is 0 Å². The number of rotatable bonds is 4. The highest BCUT2D eigenvalue weighted by atomic mass is 16.5. The van der Waals surface area contributed by atoms with Crippen LogP contribution in [0.4, 0.5) is 0 Å². The van der Waals surface area contributed by atoms with E-state index in [9.17, 15) is 9.90 Å². The SMILES string of the molecule is COc1ccc2cc(-c3cc(C(=O)O)nn3-c3cccc(C)c3)ccc2c1. The molecule has 4 rings (SSSR count). The maximum Gasteiger partial charge on any atom is 0.356 e. The minimum absolute atomic E-state index is 0.0151. The molecule has 0 aliphatic carbocycles. The van der Waals surface area contributed by atoms with E-state index in [1.54, 1.807) is 17.9 Å². The number of nitrogens with zero attached hydrogens (tertiary/aromatic N) is 2. The van der Waals surface area contributed by atoms with E-state index in [2.05, 4.69) is 5.10 Å². The van der Waals surface area contributed by atoms with E-state index in [1.165, 1.54) is 0 Å². The van der Waals surface area contributed by atoms with Crippen molar-refractivity contribution in [3.63, 3.8) is 0 Å². The van der Waals surface area contributed by atoms with E-state index in [0.29, 0.717) is 0 Å². The first-order valence-corrected chi connectivity index (χ1v) is 8.54. The quantitative estimate of drug-likeness (QED) is 0.574. The third-order valence-electron chi connectivity index (χ3n) is 4.52. The fourth-order valence-electron chi connectivity index (χ4n) is 3.16. The van der Waals surface area contributed by atoms with Crippen LogP contribution in [0, 0.1) is 6.92 Å². The Hall–Kier alpha value is -3.60. The molecule has 1 N–H and O–H groups in total. The number of fused-ring (bicyclic) bond motifs is 1. The predicted molar refractivity (Wildman–Crippen MR) is 105 cm³/mol. The summed E-state index contributed by atoms with van der Waals surface area (Å²) in [5.74, 6) is -0.249. The largest absolute Gasteiger partial charge is 0.497 e. The molecule has 0 aliphatic rings. The van der Waals surface area contributed by atoms with Gasteiger partial charge in [0.2, 0.25) is 0 Å². The smallest absolute Gasteiger partial charge is 0.356 e. The molecular formula is C22H18N2O3. The molecule has 1 heterocycles. The van der Waals surface area contributed by atoms with Gasteiger partial charge in [0.15, 0.2) is 5.69 Å². The van der Waals surface area contributed by atoms with Crippen LogP contribution in [0.5, 0.6) is 5.75 Å². The van der Waals surface area contributed by atoms with Crippen molar-refractivity contribution in [2.45, 2.75) is 6.92 Å². The Kier molecular flexibility index (Phi) is 4.12. The van der Waals surface area contributed by atoms with Gasteiger partial charge in [0.05, 0.1) is 18.5 Å². The van der Waals surface area contributed by atoms with Gasteiger partial charge in [-0.15, -0.1) is 0 Å². The Morgan fingerprint density at radius 1 is 1.00 bits per heavy atom. The maximum atomic E-state index is 11.5. The van der Waals surface area contributed by atoms with Gasteiger partial charge in [-0.25, -0.2) is 9.48 Å². The van der Waals surface area contributed by atoms with Crippen LogP contribution in [0.2, 0.25) is 0 Å². The van der Waals surface area contributed by atoms with Crippen LogP contribution in [0.1, 0.15) is 16.1 Å². The molecule has 0 atom stereocenters. The molecule has 0 fully saturated rings. The zero-order valence-electron chi connectivity index (χ0n) is 15.0. The number of carbonyl (C=O) groups is 1. The number of hydrogen-bond acceptors (Lipinski definition) is 3. The molecule has 5 nitrogen and oxygen atoms in total. The first kappa shape index (κ1) is 16.8. The summed E-state index contributed by atoms with van der Waals surface area (Å²) >= 11 is 0. The van der Waals surface area contributed by atoms with Crippen LogP contribution in [0.25, 0.3) is 27.7 Å². The predicted octanol–water partition coefficient (Wildman–Crippen LogP) is 4.71. The number of carboxylic acids is 1. The highest BCUT2D eigenvalue weighted by molar-refractivity contribution is 5.90. The number of aromatic carboxylic acids is 1. The lowest BCUT2D eigenvalue weighted by Crippen LogP contribution is -2.02. The summed E-state index contributed by atoms with van der Waals surface area (Å²) in [5.41, 5.74) is 3.55. The van der Waals surface area contributed by atoms with Crippen molar-refractivity contribution in [3.8, 4) is 22.7 Å². The average Bonchev–Trinajstić information content (AvgIpc) is 3.13. The van der Waals surface area contributed by atoms with E-state index in [-0.39, 0.29) is 5.69 Å². The second-order valence-corrected chi connectivity index (χ2v) is 6.40. The Balaban J connectivity index is 1.90. The third kappa shape index (κ3) is 3.15. The Morgan fingerprint density at radius 3 is 2.52 bits per heavy atom. The Bertz CT molecular complexity index is 1160. The maximum absolute atomic E-state index is 11.5. The molecule has 134 valence electrons. The molecule has 0 amide bonds. The molecule has 4 aromatic rings. The van der Waals surface area contributed by atoms with Gasteiger partial charge in [-0.3, -0.25) is 0 Å². The van der Waals surface area contributed by atoms with Crippen LogP contribution in [-0.4, -0.2) is 28.0 Å². The van der Waals surface area contributed by atoms with E-state index in [4.69, 9.17) is 4.74 Å². The molecule has 0 aliphatic heterocycles. The number of methoxy groups -OCH3 is 1. The Labute approximate surface area is 156 Å². The van der Waals surface area contributed by atoms with Crippen molar-refractivity contribution < 1.29 is 14.6 Å². The van der Waals surface area contributed by atoms with Crippen molar-refractivity contribution >= 4 is 16.7 Å². The highest BCUT2D eigenvalue weighted by Gasteiger charge is 2.16. The summed E-state index contributed by atoms with van der Waals surface area (Å²) in [4.78, 5) is 11.5. The molecular weight excluding hydrogens is 340 g/mol. The zero-order chi connectivity index (χ0) is 19.0. The van der Waals surface area contributed by atoms with Gasteiger partial charge >= 0.3 is 5.97 Å². The number of aromatic nitrogens is 2. The lowest BCUT2D eigenvalue weighted by Gasteiger charge is -2.10. The minimum Gasteiger partial charge on any atom is -0.497 e. The van der Waals surface area contributed by atoms with Crippen molar-refractivity contribution in [2.75, 3.05) is 7.11 Å². The third-order valence-corrected chi connectivity index (χ3v) is 4.52. The molecule has 0 bridgehead atoms. The van der Waals surface area contributed by atoms with E-state index in [0.717, 1.165) is 39.0 Å². The second-order valence-electron chi connectivity index (χ2n) is 6.40. The van der Waals surface area contributed by atoms with Gasteiger partial charge in [-0.1, -0.05) is 30.3 Å². The molecule has 5 heteroatoms. The number of hydrogen-bond donors (Lipinski definition) is 1. The molecule has 0 unspecified atom stereocenters. The van der Waals surface area contributed by atoms with Crippen molar-refractivity contribution in [3.05, 3.63) is 78.0 Å². The fourth-order valence-corrected chi connectivity index (χ4v) is 3.16. The number of benzene rings is 3. The molecule has 1 aromatic heterocycles. The molecule has 27 heavy (non-hydrogen) atoms. The van der Waals surface area contributed by atoms with Crippen molar-refractivity contribution in [2.24, 2.45) is 0 Å². The van der Waals surface area contributed by atoms with Gasteiger partial charge < -0.3 is 9.84 Å². The van der Waals surface area contributed by atoms with Gasteiger partial charge in [0, 0.05) is 5.56 Å². The van der Waals surface area contributed by atoms with Gasteiger partial charge in [0.1, 0.15) is 5.75 Å². The van der Waals surface area contributed by atoms with Crippen molar-refractivity contribution in [1.29, 1.82) is 0 Å². The molecule has 3 aromatic carbocycles. The lowest BCUT2D eigenvalue weighted by molar-refractivity contribution is 0.0690. The number of carboxylic acid groups (broad SMARTS) is 1. The van der Waals surface area contributed by atoms with Gasteiger partial charge in [-0.2, -0.15) is 5.10 Å². The lowest BCUT2D eigenvalue weighted by atomic mass is 10.0. The summed E-state index contributed by atoms with van der Waals surface area (Å²) in [7, 11) is 1.64. The van der Waals surface area contributed by atoms with E-state index in [1.807, 2.05) is 67.6 Å². The molecule has 0 spiro atoms. The molecule has 0 radical (unpaired) electrons. The average molecular weight is 358 g/mol. The van der Waals surface area contributed by atoms with Crippen LogP contribution in [0.3, 0.4) is 0 Å². The topological polar surface area (TPSA) is 64.3 Å². The number of ether oxygens (including phenoxy) is 1. The summed E-state index contributed by atoms with van der Waals surface area (Å²) in [6.07, 6.45) is 0. The summed E-state index contributed by atoms with van der Waals surface area (Å²) in [6.45, 7) is 1.99.